The minimum atomic E-state index is -0.464. The van der Waals surface area contributed by atoms with Gasteiger partial charge in [0.15, 0.2) is 5.96 Å². The van der Waals surface area contributed by atoms with Gasteiger partial charge in [-0.1, -0.05) is 0 Å². The van der Waals surface area contributed by atoms with Gasteiger partial charge in [-0.15, -0.1) is 0 Å². The van der Waals surface area contributed by atoms with E-state index in [2.05, 4.69) is 39.7 Å². The van der Waals surface area contributed by atoms with Gasteiger partial charge in [-0.05, 0) is 47.5 Å². The Morgan fingerprint density at radius 3 is 2.35 bits per heavy atom. The summed E-state index contributed by atoms with van der Waals surface area (Å²) < 4.78 is 0. The van der Waals surface area contributed by atoms with E-state index in [9.17, 15) is 4.79 Å². The van der Waals surface area contributed by atoms with Crippen LogP contribution in [-0.4, -0.2) is 62.1 Å². The second-order valence-electron chi connectivity index (χ2n) is 7.22. The zero-order valence-electron chi connectivity index (χ0n) is 15.7. The molecule has 1 amide bonds. The van der Waals surface area contributed by atoms with Crippen molar-refractivity contribution in [3.63, 3.8) is 0 Å². The number of aliphatic imine (C=N–C) groups is 1. The van der Waals surface area contributed by atoms with Crippen molar-refractivity contribution in [2.45, 2.75) is 59.5 Å². The van der Waals surface area contributed by atoms with Gasteiger partial charge in [0.1, 0.15) is 0 Å². The second kappa shape index (κ2) is 9.11. The molecule has 1 saturated heterocycles. The van der Waals surface area contributed by atoms with E-state index in [4.69, 9.17) is 0 Å². The molecule has 3 N–H and O–H groups in total. The topological polar surface area (TPSA) is 68.8 Å². The molecular formula is C17H35N5O. The van der Waals surface area contributed by atoms with Gasteiger partial charge in [0.2, 0.25) is 5.91 Å². The lowest BCUT2D eigenvalue weighted by atomic mass is 9.92. The van der Waals surface area contributed by atoms with E-state index < -0.39 is 5.41 Å². The van der Waals surface area contributed by atoms with Crippen LogP contribution >= 0.6 is 0 Å². The van der Waals surface area contributed by atoms with Crippen LogP contribution in [0.25, 0.3) is 0 Å². The second-order valence-corrected chi connectivity index (χ2v) is 7.22. The number of nitrogens with zero attached hydrogens (tertiary/aromatic N) is 2. The lowest BCUT2D eigenvalue weighted by Crippen LogP contribution is -2.52. The largest absolute Gasteiger partial charge is 0.356 e. The van der Waals surface area contributed by atoms with Crippen molar-refractivity contribution >= 4 is 11.9 Å². The smallest absolute Gasteiger partial charge is 0.227 e. The highest BCUT2D eigenvalue weighted by atomic mass is 16.2. The summed E-state index contributed by atoms with van der Waals surface area (Å²) in [5, 5.41) is 9.66. The SMILES string of the molecule is CCNC(=O)C(C)(C)CNC(=NC)NC1CCN(C(C)C)CC1. The van der Waals surface area contributed by atoms with Gasteiger partial charge in [0, 0.05) is 45.3 Å². The number of hydrogen-bond acceptors (Lipinski definition) is 3. The van der Waals surface area contributed by atoms with Gasteiger partial charge >= 0.3 is 0 Å². The summed E-state index contributed by atoms with van der Waals surface area (Å²) >= 11 is 0. The first kappa shape index (κ1) is 19.7. The molecule has 134 valence electrons. The van der Waals surface area contributed by atoms with Crippen molar-refractivity contribution < 1.29 is 4.79 Å². The maximum absolute atomic E-state index is 12.0. The van der Waals surface area contributed by atoms with Crippen molar-refractivity contribution in [2.24, 2.45) is 10.4 Å². The van der Waals surface area contributed by atoms with Gasteiger partial charge < -0.3 is 20.9 Å². The first-order valence-corrected chi connectivity index (χ1v) is 8.79. The van der Waals surface area contributed by atoms with E-state index in [-0.39, 0.29) is 5.91 Å². The van der Waals surface area contributed by atoms with Crippen molar-refractivity contribution in [2.75, 3.05) is 33.2 Å². The van der Waals surface area contributed by atoms with Crippen LogP contribution in [0.4, 0.5) is 0 Å². The molecule has 0 spiro atoms. The highest BCUT2D eigenvalue weighted by molar-refractivity contribution is 5.84. The van der Waals surface area contributed by atoms with Crippen molar-refractivity contribution in [1.82, 2.24) is 20.9 Å². The number of hydrogen-bond donors (Lipinski definition) is 3. The highest BCUT2D eigenvalue weighted by Gasteiger charge is 2.28. The van der Waals surface area contributed by atoms with Crippen molar-refractivity contribution in [3.8, 4) is 0 Å². The van der Waals surface area contributed by atoms with Crippen LogP contribution < -0.4 is 16.0 Å². The van der Waals surface area contributed by atoms with Crippen LogP contribution in [0.15, 0.2) is 4.99 Å². The predicted molar refractivity (Wildman–Crippen MR) is 96.7 cm³/mol. The van der Waals surface area contributed by atoms with Crippen molar-refractivity contribution in [3.05, 3.63) is 0 Å². The van der Waals surface area contributed by atoms with Crippen LogP contribution in [0.3, 0.4) is 0 Å². The Morgan fingerprint density at radius 2 is 1.87 bits per heavy atom. The first-order valence-electron chi connectivity index (χ1n) is 8.79. The zero-order valence-corrected chi connectivity index (χ0v) is 15.7. The lowest BCUT2D eigenvalue weighted by Gasteiger charge is -2.35. The third-order valence-electron chi connectivity index (χ3n) is 4.47. The molecule has 0 aromatic heterocycles. The van der Waals surface area contributed by atoms with Crippen LogP contribution in [0.1, 0.15) is 47.5 Å². The van der Waals surface area contributed by atoms with Gasteiger partial charge in [-0.25, -0.2) is 0 Å². The quantitative estimate of drug-likeness (QED) is 0.507. The Morgan fingerprint density at radius 1 is 1.26 bits per heavy atom. The van der Waals surface area contributed by atoms with Crippen LogP contribution in [0.2, 0.25) is 0 Å². The molecule has 0 radical (unpaired) electrons. The Balaban J connectivity index is 2.42. The van der Waals surface area contributed by atoms with Gasteiger partial charge in [-0.3, -0.25) is 9.79 Å². The molecule has 6 nitrogen and oxygen atoms in total. The lowest BCUT2D eigenvalue weighted by molar-refractivity contribution is -0.128. The number of carbonyl (C=O) groups is 1. The molecule has 0 bridgehead atoms. The maximum atomic E-state index is 12.0. The number of carbonyl (C=O) groups excluding carboxylic acids is 1. The summed E-state index contributed by atoms with van der Waals surface area (Å²) in [6.07, 6.45) is 2.25. The molecule has 0 unspecified atom stereocenters. The van der Waals surface area contributed by atoms with Crippen LogP contribution in [0.5, 0.6) is 0 Å². The molecule has 0 atom stereocenters. The number of piperidine rings is 1. The molecule has 1 rings (SSSR count). The number of likely N-dealkylation sites (tertiary alicyclic amines) is 1. The molecule has 1 fully saturated rings. The third-order valence-corrected chi connectivity index (χ3v) is 4.47. The summed E-state index contributed by atoms with van der Waals surface area (Å²) in [6, 6.07) is 1.06. The number of amides is 1. The Hall–Kier alpha value is -1.30. The Bertz CT molecular complexity index is 398. The average molecular weight is 326 g/mol. The Kier molecular flexibility index (Phi) is 7.82. The molecule has 1 heterocycles. The number of nitrogens with one attached hydrogen (secondary N) is 3. The van der Waals surface area contributed by atoms with E-state index >= 15 is 0 Å². The molecule has 0 aromatic carbocycles. The normalized spacial score (nSPS) is 18.1. The molecule has 6 heteroatoms. The van der Waals surface area contributed by atoms with E-state index in [1.807, 2.05) is 20.8 Å². The summed E-state index contributed by atoms with van der Waals surface area (Å²) in [5.41, 5.74) is -0.464. The minimum absolute atomic E-state index is 0.0631. The minimum Gasteiger partial charge on any atom is -0.356 e. The number of rotatable bonds is 6. The molecule has 23 heavy (non-hydrogen) atoms. The van der Waals surface area contributed by atoms with Crippen molar-refractivity contribution in [1.29, 1.82) is 0 Å². The summed E-state index contributed by atoms with van der Waals surface area (Å²) in [7, 11) is 1.78. The molecule has 0 aliphatic carbocycles. The zero-order chi connectivity index (χ0) is 17.5. The van der Waals surface area contributed by atoms with E-state index in [0.717, 1.165) is 31.9 Å². The molecule has 0 saturated carbocycles. The maximum Gasteiger partial charge on any atom is 0.227 e. The summed E-state index contributed by atoms with van der Waals surface area (Å²) in [4.78, 5) is 18.8. The molecule has 1 aliphatic heterocycles. The monoisotopic (exact) mass is 325 g/mol. The fourth-order valence-corrected chi connectivity index (χ4v) is 2.73. The standard InChI is InChI=1S/C17H35N5O/c1-7-19-15(23)17(4,5)12-20-16(18-6)21-14-8-10-22(11-9-14)13(2)3/h13-14H,7-12H2,1-6H3,(H,19,23)(H2,18,20,21). The molecule has 0 aromatic rings. The van der Waals surface area contributed by atoms with Gasteiger partial charge in [0.25, 0.3) is 0 Å². The van der Waals surface area contributed by atoms with E-state index in [1.54, 1.807) is 7.05 Å². The number of guanidine groups is 1. The van der Waals surface area contributed by atoms with Gasteiger partial charge in [-0.2, -0.15) is 0 Å². The summed E-state index contributed by atoms with van der Waals surface area (Å²) in [6.45, 7) is 13.8. The van der Waals surface area contributed by atoms with Crippen LogP contribution in [0, 0.1) is 5.41 Å². The van der Waals surface area contributed by atoms with E-state index in [1.165, 1.54) is 0 Å². The predicted octanol–water partition coefficient (Wildman–Crippen LogP) is 1.19. The van der Waals surface area contributed by atoms with Gasteiger partial charge in [0.05, 0.1) is 5.41 Å². The fraction of sp³-hybridized carbons (Fsp3) is 0.882. The fourth-order valence-electron chi connectivity index (χ4n) is 2.73. The third kappa shape index (κ3) is 6.37. The molecule has 1 aliphatic rings. The Labute approximate surface area is 141 Å². The molecular weight excluding hydrogens is 290 g/mol. The first-order chi connectivity index (χ1) is 10.8. The van der Waals surface area contributed by atoms with E-state index in [0.29, 0.717) is 25.2 Å². The van der Waals surface area contributed by atoms with Crippen LogP contribution in [-0.2, 0) is 4.79 Å². The average Bonchev–Trinajstić information content (AvgIpc) is 2.52. The highest BCUT2D eigenvalue weighted by Crippen LogP contribution is 2.14. The summed E-state index contributed by atoms with van der Waals surface area (Å²) in [5.74, 6) is 0.846.